The Morgan fingerprint density at radius 2 is 0.917 bits per heavy atom. The van der Waals surface area contributed by atoms with Gasteiger partial charge in [-0.1, -0.05) is 110 Å². The quantitative estimate of drug-likeness (QED) is 0.159. The molecule has 0 aliphatic heterocycles. The van der Waals surface area contributed by atoms with Crippen LogP contribution in [0.2, 0.25) is 0 Å². The minimum atomic E-state index is -0.0639. The zero-order valence-corrected chi connectivity index (χ0v) is 16.0. The Morgan fingerprint density at radius 1 is 0.583 bits per heavy atom. The molecular formula is C21H43NaO2. The number of ether oxygens (including phenoxy) is 1. The van der Waals surface area contributed by atoms with Gasteiger partial charge in [-0.25, -0.2) is 0 Å². The van der Waals surface area contributed by atoms with Crippen LogP contribution in [0.4, 0.5) is 0 Å². The number of hydrogen-bond acceptors (Lipinski definition) is 2. The van der Waals surface area contributed by atoms with Crippen molar-refractivity contribution in [2.45, 2.75) is 123 Å². The third-order valence-corrected chi connectivity index (χ3v) is 4.55. The molecule has 0 aromatic carbocycles. The minimum absolute atomic E-state index is 0. The fraction of sp³-hybridized carbons (Fsp3) is 0.952. The first kappa shape index (κ1) is 26.7. The first-order valence-electron chi connectivity index (χ1n) is 10.5. The molecule has 0 atom stereocenters. The van der Waals surface area contributed by atoms with E-state index in [2.05, 4.69) is 6.92 Å². The van der Waals surface area contributed by atoms with Crippen molar-refractivity contribution in [3.63, 3.8) is 0 Å². The third-order valence-electron chi connectivity index (χ3n) is 4.55. The van der Waals surface area contributed by atoms with E-state index in [4.69, 9.17) is 4.74 Å². The van der Waals surface area contributed by atoms with E-state index in [1.165, 1.54) is 96.3 Å². The Bertz CT molecular complexity index is 244. The average molecular weight is 351 g/mol. The molecule has 0 N–H and O–H groups in total. The molecule has 0 aromatic heterocycles. The van der Waals surface area contributed by atoms with Gasteiger partial charge in [-0.2, -0.15) is 0 Å². The summed E-state index contributed by atoms with van der Waals surface area (Å²) in [4.78, 5) is 10.9. The van der Waals surface area contributed by atoms with Crippen LogP contribution < -0.4 is 0 Å². The second-order valence-corrected chi connectivity index (χ2v) is 6.88. The predicted molar refractivity (Wildman–Crippen MR) is 108 cm³/mol. The molecular weight excluding hydrogens is 307 g/mol. The molecule has 3 heteroatoms. The van der Waals surface area contributed by atoms with Gasteiger partial charge in [0, 0.05) is 6.42 Å². The van der Waals surface area contributed by atoms with Crippen molar-refractivity contribution in [2.75, 3.05) is 6.61 Å². The molecule has 0 rings (SSSR count). The number of hydrogen-bond donors (Lipinski definition) is 0. The van der Waals surface area contributed by atoms with Crippen LogP contribution in [-0.2, 0) is 9.53 Å². The second-order valence-electron chi connectivity index (χ2n) is 6.88. The molecule has 0 fully saturated rings. The maximum absolute atomic E-state index is 10.9. The summed E-state index contributed by atoms with van der Waals surface area (Å²) in [7, 11) is 0. The molecule has 0 heterocycles. The zero-order chi connectivity index (χ0) is 17.0. The van der Waals surface area contributed by atoms with Gasteiger partial charge in [0.1, 0.15) is 0 Å². The number of unbranched alkanes of at least 4 members (excludes halogenated alkanes) is 15. The van der Waals surface area contributed by atoms with E-state index in [1.54, 1.807) is 0 Å². The molecule has 0 saturated heterocycles. The Balaban J connectivity index is 0. The van der Waals surface area contributed by atoms with E-state index >= 15 is 0 Å². The molecule has 2 nitrogen and oxygen atoms in total. The van der Waals surface area contributed by atoms with E-state index < -0.39 is 0 Å². The average Bonchev–Trinajstić information content (AvgIpc) is 2.57. The van der Waals surface area contributed by atoms with Crippen LogP contribution in [0.5, 0.6) is 0 Å². The van der Waals surface area contributed by atoms with E-state index in [0.717, 1.165) is 6.42 Å². The number of esters is 1. The summed E-state index contributed by atoms with van der Waals surface area (Å²) in [5, 5.41) is 0. The van der Waals surface area contributed by atoms with E-state index in [0.29, 0.717) is 13.0 Å². The van der Waals surface area contributed by atoms with Crippen molar-refractivity contribution >= 4 is 35.5 Å². The van der Waals surface area contributed by atoms with Gasteiger partial charge in [0.05, 0.1) is 6.61 Å². The fourth-order valence-corrected chi connectivity index (χ4v) is 2.94. The van der Waals surface area contributed by atoms with Crippen molar-refractivity contribution in [1.82, 2.24) is 0 Å². The monoisotopic (exact) mass is 350 g/mol. The van der Waals surface area contributed by atoms with Gasteiger partial charge >= 0.3 is 35.5 Å². The Morgan fingerprint density at radius 3 is 1.25 bits per heavy atom. The molecule has 0 unspecified atom stereocenters. The van der Waals surface area contributed by atoms with E-state index in [9.17, 15) is 4.79 Å². The SMILES string of the molecule is CCCCCCCCCCCCCCCCCCOC(=O)CC.[NaH]. The Labute approximate surface area is 174 Å². The molecule has 0 radical (unpaired) electrons. The normalized spacial score (nSPS) is 10.4. The number of carbonyl (C=O) groups excluding carboxylic acids is 1. The van der Waals surface area contributed by atoms with Crippen molar-refractivity contribution in [1.29, 1.82) is 0 Å². The molecule has 0 aromatic rings. The van der Waals surface area contributed by atoms with Gasteiger partial charge in [-0.3, -0.25) is 4.79 Å². The Hall–Kier alpha value is 0.470. The molecule has 0 amide bonds. The maximum atomic E-state index is 10.9. The van der Waals surface area contributed by atoms with Crippen LogP contribution in [-0.4, -0.2) is 42.1 Å². The van der Waals surface area contributed by atoms with Crippen LogP contribution >= 0.6 is 0 Å². The standard InChI is InChI=1S/C21H42O2.Na.H/c1-3-5-6-7-8-9-10-11-12-13-14-15-16-17-18-19-20-23-21(22)4-2;;/h3-20H2,1-2H3;;. The summed E-state index contributed by atoms with van der Waals surface area (Å²) in [5.74, 6) is -0.0639. The van der Waals surface area contributed by atoms with Gasteiger partial charge in [0.2, 0.25) is 0 Å². The fourth-order valence-electron chi connectivity index (χ4n) is 2.94. The van der Waals surface area contributed by atoms with Crippen LogP contribution in [0.25, 0.3) is 0 Å². The first-order chi connectivity index (χ1) is 11.3. The molecule has 24 heavy (non-hydrogen) atoms. The van der Waals surface area contributed by atoms with Gasteiger partial charge in [0.15, 0.2) is 0 Å². The third kappa shape index (κ3) is 22.5. The summed E-state index contributed by atoms with van der Waals surface area (Å²) in [5.41, 5.74) is 0. The second kappa shape index (κ2) is 23.5. The first-order valence-corrected chi connectivity index (χ1v) is 10.5. The summed E-state index contributed by atoms with van der Waals surface area (Å²) in [6.07, 6.45) is 22.5. The van der Waals surface area contributed by atoms with Crippen LogP contribution in [0.1, 0.15) is 123 Å². The summed E-state index contributed by atoms with van der Waals surface area (Å²) in [6, 6.07) is 0. The van der Waals surface area contributed by atoms with Crippen molar-refractivity contribution < 1.29 is 9.53 Å². The number of rotatable bonds is 18. The van der Waals surface area contributed by atoms with Gasteiger partial charge < -0.3 is 4.74 Å². The molecule has 0 aliphatic carbocycles. The van der Waals surface area contributed by atoms with Gasteiger partial charge in [-0.15, -0.1) is 0 Å². The summed E-state index contributed by atoms with van der Waals surface area (Å²) < 4.78 is 5.07. The summed E-state index contributed by atoms with van der Waals surface area (Å²) >= 11 is 0. The predicted octanol–water partition coefficient (Wildman–Crippen LogP) is 6.55. The van der Waals surface area contributed by atoms with Crippen molar-refractivity contribution in [3.8, 4) is 0 Å². The number of carbonyl (C=O) groups is 1. The van der Waals surface area contributed by atoms with Crippen molar-refractivity contribution in [2.24, 2.45) is 0 Å². The molecule has 0 bridgehead atoms. The molecule has 140 valence electrons. The van der Waals surface area contributed by atoms with Crippen molar-refractivity contribution in [3.05, 3.63) is 0 Å². The van der Waals surface area contributed by atoms with Gasteiger partial charge in [0.25, 0.3) is 0 Å². The topological polar surface area (TPSA) is 26.3 Å². The van der Waals surface area contributed by atoms with E-state index in [1.807, 2.05) is 6.92 Å². The van der Waals surface area contributed by atoms with Gasteiger partial charge in [-0.05, 0) is 6.42 Å². The molecule has 0 aliphatic rings. The molecule has 0 spiro atoms. The Kier molecular flexibility index (Phi) is 26.1. The van der Waals surface area contributed by atoms with E-state index in [-0.39, 0.29) is 35.5 Å². The molecule has 0 saturated carbocycles. The summed E-state index contributed by atoms with van der Waals surface area (Å²) in [6.45, 7) is 4.74. The van der Waals surface area contributed by atoms with Crippen LogP contribution in [0, 0.1) is 0 Å². The zero-order valence-electron chi connectivity index (χ0n) is 16.0. The van der Waals surface area contributed by atoms with Crippen LogP contribution in [0.15, 0.2) is 0 Å². The van der Waals surface area contributed by atoms with Crippen LogP contribution in [0.3, 0.4) is 0 Å².